The highest BCUT2D eigenvalue weighted by molar-refractivity contribution is 5.85. The highest BCUT2D eigenvalue weighted by atomic mass is 16.3. The molecule has 0 radical (unpaired) electrons. The summed E-state index contributed by atoms with van der Waals surface area (Å²) >= 11 is 0. The Hall–Kier alpha value is -1.96. The number of anilines is 1. The third-order valence-corrected chi connectivity index (χ3v) is 3.45. The lowest BCUT2D eigenvalue weighted by Crippen LogP contribution is -2.30. The third kappa shape index (κ3) is 1.71. The zero-order chi connectivity index (χ0) is 13.6. The molecule has 100 valence electrons. The number of aliphatic hydroxyl groups is 3. The number of hydrogen-bond donors (Lipinski definition) is 4. The molecule has 0 saturated carbocycles. The lowest BCUT2D eigenvalue weighted by atomic mass is 10.1. The number of hydrogen-bond acceptors (Lipinski definition) is 6. The zero-order valence-corrected chi connectivity index (χ0v) is 10.0. The van der Waals surface area contributed by atoms with Crippen molar-refractivity contribution in [2.75, 3.05) is 12.3 Å². The third-order valence-electron chi connectivity index (χ3n) is 3.45. The molecule has 19 heavy (non-hydrogen) atoms. The number of rotatable bonds is 2. The van der Waals surface area contributed by atoms with Gasteiger partial charge in [0.1, 0.15) is 23.5 Å². The Morgan fingerprint density at radius 2 is 2.11 bits per heavy atom. The number of fused-ring (bicyclic) bond motifs is 1. The number of nitrogens with two attached hydrogens (primary N) is 1. The zero-order valence-electron chi connectivity index (χ0n) is 10.0. The average Bonchev–Trinajstić information content (AvgIpc) is 2.94. The van der Waals surface area contributed by atoms with Crippen molar-refractivity contribution >= 4 is 16.9 Å². The van der Waals surface area contributed by atoms with Gasteiger partial charge < -0.3 is 25.6 Å². The molecule has 7 nitrogen and oxygen atoms in total. The molecule has 1 aliphatic carbocycles. The van der Waals surface area contributed by atoms with Crippen LogP contribution in [0.25, 0.3) is 11.0 Å². The number of aliphatic hydroxyl groups excluding tert-OH is 3. The second-order valence-corrected chi connectivity index (χ2v) is 4.54. The van der Waals surface area contributed by atoms with Crippen molar-refractivity contribution in [3.8, 4) is 0 Å². The number of nitrogens with zero attached hydrogens (tertiary/aromatic N) is 3. The minimum atomic E-state index is -1.08. The fourth-order valence-corrected chi connectivity index (χ4v) is 2.45. The summed E-state index contributed by atoms with van der Waals surface area (Å²) < 4.78 is 1.66. The van der Waals surface area contributed by atoms with Crippen LogP contribution in [0.3, 0.4) is 0 Å². The van der Waals surface area contributed by atoms with E-state index in [0.717, 1.165) is 0 Å². The summed E-state index contributed by atoms with van der Waals surface area (Å²) in [5, 5.41) is 29.0. The summed E-state index contributed by atoms with van der Waals surface area (Å²) in [6.07, 6.45) is 2.61. The predicted octanol–water partition coefficient (Wildman–Crippen LogP) is -0.791. The molecule has 0 unspecified atom stereocenters. The molecular formula is C12H14N4O3. The minimum Gasteiger partial charge on any atom is -0.392 e. The minimum absolute atomic E-state index is 0.297. The van der Waals surface area contributed by atoms with E-state index in [-0.39, 0.29) is 6.61 Å². The highest BCUT2D eigenvalue weighted by Crippen LogP contribution is 2.32. The van der Waals surface area contributed by atoms with Crippen molar-refractivity contribution in [3.05, 3.63) is 30.2 Å². The molecule has 5 N–H and O–H groups in total. The second-order valence-electron chi connectivity index (χ2n) is 4.54. The summed E-state index contributed by atoms with van der Waals surface area (Å²) in [4.78, 5) is 8.19. The number of nitrogen functional groups attached to an aromatic ring is 1. The molecule has 0 fully saturated rings. The van der Waals surface area contributed by atoms with E-state index in [1.165, 1.54) is 0 Å². The molecule has 0 bridgehead atoms. The van der Waals surface area contributed by atoms with Gasteiger partial charge in [-0.2, -0.15) is 0 Å². The fraction of sp³-hybridized carbons (Fsp3) is 0.333. The molecule has 0 saturated heterocycles. The normalized spacial score (nSPS) is 26.9. The monoisotopic (exact) mass is 262 g/mol. The van der Waals surface area contributed by atoms with Gasteiger partial charge in [-0.1, -0.05) is 6.08 Å². The van der Waals surface area contributed by atoms with E-state index >= 15 is 0 Å². The van der Waals surface area contributed by atoms with Crippen molar-refractivity contribution in [1.82, 2.24) is 14.5 Å². The van der Waals surface area contributed by atoms with Crippen LogP contribution in [-0.4, -0.2) is 48.7 Å². The smallest absolute Gasteiger partial charge is 0.149 e. The maximum absolute atomic E-state index is 10.1. The van der Waals surface area contributed by atoms with Crippen LogP contribution in [0, 0.1) is 0 Å². The lowest BCUT2D eigenvalue weighted by Gasteiger charge is -2.19. The van der Waals surface area contributed by atoms with E-state index in [0.29, 0.717) is 22.4 Å². The van der Waals surface area contributed by atoms with Crippen molar-refractivity contribution in [2.24, 2.45) is 0 Å². The van der Waals surface area contributed by atoms with Gasteiger partial charge in [-0.3, -0.25) is 0 Å². The van der Waals surface area contributed by atoms with Gasteiger partial charge in [-0.25, -0.2) is 9.97 Å². The van der Waals surface area contributed by atoms with Crippen molar-refractivity contribution < 1.29 is 15.3 Å². The Morgan fingerprint density at radius 3 is 2.79 bits per heavy atom. The van der Waals surface area contributed by atoms with Gasteiger partial charge in [0.15, 0.2) is 0 Å². The molecule has 2 aromatic heterocycles. The molecular weight excluding hydrogens is 248 g/mol. The summed E-state index contributed by atoms with van der Waals surface area (Å²) in [5.74, 6) is 0.308. The van der Waals surface area contributed by atoms with Crippen LogP contribution in [-0.2, 0) is 0 Å². The molecule has 0 aliphatic heterocycles. The van der Waals surface area contributed by atoms with Gasteiger partial charge in [0.2, 0.25) is 0 Å². The lowest BCUT2D eigenvalue weighted by molar-refractivity contribution is 0.0288. The van der Waals surface area contributed by atoms with Gasteiger partial charge in [0, 0.05) is 6.20 Å². The van der Waals surface area contributed by atoms with E-state index in [4.69, 9.17) is 10.8 Å². The van der Waals surface area contributed by atoms with Crippen LogP contribution >= 0.6 is 0 Å². The fourth-order valence-electron chi connectivity index (χ4n) is 2.45. The van der Waals surface area contributed by atoms with Gasteiger partial charge in [-0.15, -0.1) is 0 Å². The standard InChI is InChI=1S/C12H14N4O3/c13-12-9-7(1-2-14-12)15-5-16(9)8-3-6(4-17)10(18)11(8)19/h1-3,5,8,10-11,17-19H,4H2,(H2,13,14)/t8-,10-,11+/m1/s1. The summed E-state index contributed by atoms with van der Waals surface area (Å²) in [6, 6.07) is 1.20. The molecule has 3 rings (SSSR count). The Balaban J connectivity index is 2.13. The van der Waals surface area contributed by atoms with Crippen LogP contribution in [0.15, 0.2) is 30.2 Å². The first-order chi connectivity index (χ1) is 9.13. The molecule has 2 heterocycles. The first-order valence-corrected chi connectivity index (χ1v) is 5.88. The molecule has 7 heteroatoms. The van der Waals surface area contributed by atoms with Crippen LogP contribution in [0.2, 0.25) is 0 Å². The second kappa shape index (κ2) is 4.30. The summed E-state index contributed by atoms with van der Waals surface area (Å²) in [5.41, 5.74) is 7.49. The average molecular weight is 262 g/mol. The van der Waals surface area contributed by atoms with Gasteiger partial charge in [0.25, 0.3) is 0 Å². The topological polar surface area (TPSA) is 117 Å². The van der Waals surface area contributed by atoms with E-state index in [1.54, 1.807) is 29.2 Å². The van der Waals surface area contributed by atoms with E-state index in [9.17, 15) is 10.2 Å². The van der Waals surface area contributed by atoms with E-state index in [2.05, 4.69) is 9.97 Å². The summed E-state index contributed by atoms with van der Waals surface area (Å²) in [7, 11) is 0. The maximum atomic E-state index is 10.1. The van der Waals surface area contributed by atoms with Crippen molar-refractivity contribution in [1.29, 1.82) is 0 Å². The van der Waals surface area contributed by atoms with Gasteiger partial charge in [0.05, 0.1) is 24.5 Å². The van der Waals surface area contributed by atoms with E-state index < -0.39 is 18.2 Å². The first kappa shape index (κ1) is 12.1. The van der Waals surface area contributed by atoms with Crippen LogP contribution in [0.1, 0.15) is 6.04 Å². The Kier molecular flexibility index (Phi) is 2.74. The molecule has 3 atom stereocenters. The Labute approximate surface area is 108 Å². The van der Waals surface area contributed by atoms with Crippen molar-refractivity contribution in [2.45, 2.75) is 18.2 Å². The molecule has 0 spiro atoms. The van der Waals surface area contributed by atoms with Crippen LogP contribution in [0.5, 0.6) is 0 Å². The Morgan fingerprint density at radius 1 is 1.32 bits per heavy atom. The van der Waals surface area contributed by atoms with E-state index in [1.807, 2.05) is 0 Å². The predicted molar refractivity (Wildman–Crippen MR) is 68.2 cm³/mol. The van der Waals surface area contributed by atoms with Crippen LogP contribution in [0.4, 0.5) is 5.82 Å². The van der Waals surface area contributed by atoms with Crippen molar-refractivity contribution in [3.63, 3.8) is 0 Å². The largest absolute Gasteiger partial charge is 0.392 e. The highest BCUT2D eigenvalue weighted by Gasteiger charge is 2.36. The maximum Gasteiger partial charge on any atom is 0.149 e. The molecule has 2 aromatic rings. The number of pyridine rings is 1. The quantitative estimate of drug-likeness (QED) is 0.527. The van der Waals surface area contributed by atoms with Crippen LogP contribution < -0.4 is 5.73 Å². The van der Waals surface area contributed by atoms with Gasteiger partial charge in [-0.05, 0) is 11.6 Å². The molecule has 0 amide bonds. The SMILES string of the molecule is Nc1nccc2ncn([C@@H]3C=C(CO)[C@@H](O)[C@H]3O)c12. The molecule has 0 aromatic carbocycles. The first-order valence-electron chi connectivity index (χ1n) is 5.88. The Bertz CT molecular complexity index is 651. The van der Waals surface area contributed by atoms with Gasteiger partial charge >= 0.3 is 0 Å². The number of imidazole rings is 1. The summed E-state index contributed by atoms with van der Waals surface area (Å²) in [6.45, 7) is -0.297. The molecule has 1 aliphatic rings. The number of aromatic nitrogens is 3.